The zero-order chi connectivity index (χ0) is 23.8. The third kappa shape index (κ3) is 5.00. The van der Waals surface area contributed by atoms with E-state index < -0.39 is 21.7 Å². The Morgan fingerprint density at radius 1 is 1.21 bits per heavy atom. The molecule has 4 rings (SSSR count). The molecule has 0 fully saturated rings. The Morgan fingerprint density at radius 3 is 2.58 bits per heavy atom. The molecule has 3 aromatic heterocycles. The quantitative estimate of drug-likeness (QED) is 0.319. The Kier molecular flexibility index (Phi) is 6.38. The van der Waals surface area contributed by atoms with Gasteiger partial charge in [-0.1, -0.05) is 23.2 Å². The number of H-pyrrole nitrogens is 1. The van der Waals surface area contributed by atoms with Crippen LogP contribution in [0.3, 0.4) is 0 Å². The van der Waals surface area contributed by atoms with Gasteiger partial charge in [-0.3, -0.25) is 10.1 Å². The van der Waals surface area contributed by atoms with Crippen molar-refractivity contribution in [2.75, 3.05) is 6.26 Å². The fourth-order valence-electron chi connectivity index (χ4n) is 3.22. The largest absolute Gasteiger partial charge is 0.486 e. The van der Waals surface area contributed by atoms with Crippen LogP contribution in [0.4, 0.5) is 4.39 Å². The Hall–Kier alpha value is -3.01. The number of halogens is 3. The van der Waals surface area contributed by atoms with Crippen LogP contribution in [-0.2, 0) is 9.73 Å². The average molecular weight is 506 g/mol. The predicted octanol–water partition coefficient (Wildman–Crippen LogP) is 6.30. The maximum Gasteiger partial charge on any atom is 0.135 e. The van der Waals surface area contributed by atoms with Crippen LogP contribution in [-0.4, -0.2) is 30.6 Å². The summed E-state index contributed by atoms with van der Waals surface area (Å²) in [6, 6.07) is 8.08. The number of aromatic amines is 1. The summed E-state index contributed by atoms with van der Waals surface area (Å²) in [4.78, 5) is 7.88. The SMILES string of the molecule is CC(Oc1ccc2[nH]nc(/C=C(\F)c3ccc(S(C)(=N)=O)nc3)c2c1)c1c(Cl)cncc1Cl. The van der Waals surface area contributed by atoms with Crippen LogP contribution >= 0.6 is 23.2 Å². The highest BCUT2D eigenvalue weighted by molar-refractivity contribution is 7.91. The number of ether oxygens (including phenoxy) is 1. The normalized spacial score (nSPS) is 14.8. The lowest BCUT2D eigenvalue weighted by Crippen LogP contribution is -2.05. The topological polar surface area (TPSA) is 105 Å². The van der Waals surface area contributed by atoms with Crippen molar-refractivity contribution in [3.05, 3.63) is 75.8 Å². The summed E-state index contributed by atoms with van der Waals surface area (Å²) in [5, 5.41) is 8.57. The molecule has 0 saturated heterocycles. The molecule has 2 atom stereocenters. The van der Waals surface area contributed by atoms with Gasteiger partial charge < -0.3 is 4.74 Å². The number of pyridine rings is 2. The first-order chi connectivity index (χ1) is 15.6. The average Bonchev–Trinajstić information content (AvgIpc) is 3.15. The minimum absolute atomic E-state index is 0.0922. The number of benzene rings is 1. The fraction of sp³-hybridized carbons (Fsp3) is 0.136. The summed E-state index contributed by atoms with van der Waals surface area (Å²) in [6.07, 6.45) is 6.31. The van der Waals surface area contributed by atoms with E-state index in [9.17, 15) is 8.60 Å². The van der Waals surface area contributed by atoms with Crippen LogP contribution in [0.25, 0.3) is 22.8 Å². The highest BCUT2D eigenvalue weighted by Crippen LogP contribution is 2.34. The number of aromatic nitrogens is 4. The van der Waals surface area contributed by atoms with Crippen molar-refractivity contribution in [1.29, 1.82) is 4.78 Å². The number of nitrogens with one attached hydrogen (secondary N) is 2. The maximum atomic E-state index is 14.9. The molecular weight excluding hydrogens is 488 g/mol. The molecule has 0 spiro atoms. The lowest BCUT2D eigenvalue weighted by Gasteiger charge is -2.17. The number of hydrogen-bond acceptors (Lipinski definition) is 6. The molecule has 0 aliphatic rings. The zero-order valence-corrected chi connectivity index (χ0v) is 19.8. The van der Waals surface area contributed by atoms with Crippen LogP contribution in [0, 0.1) is 4.78 Å². The summed E-state index contributed by atoms with van der Waals surface area (Å²) in [6.45, 7) is 1.81. The van der Waals surface area contributed by atoms with E-state index in [1.165, 1.54) is 43.1 Å². The molecule has 0 amide bonds. The second-order valence-electron chi connectivity index (χ2n) is 7.31. The van der Waals surface area contributed by atoms with Gasteiger partial charge in [0.2, 0.25) is 0 Å². The summed E-state index contributed by atoms with van der Waals surface area (Å²) >= 11 is 12.4. The molecule has 0 saturated carbocycles. The van der Waals surface area contributed by atoms with Gasteiger partial charge in [0.05, 0.1) is 31.0 Å². The van der Waals surface area contributed by atoms with Gasteiger partial charge in [-0.2, -0.15) is 5.10 Å². The second kappa shape index (κ2) is 9.09. The minimum atomic E-state index is -2.97. The molecular formula is C22H18Cl2FN5O2S. The Morgan fingerprint density at radius 2 is 1.94 bits per heavy atom. The minimum Gasteiger partial charge on any atom is -0.486 e. The molecule has 3 heterocycles. The van der Waals surface area contributed by atoms with E-state index >= 15 is 0 Å². The van der Waals surface area contributed by atoms with Crippen molar-refractivity contribution >= 4 is 55.7 Å². The van der Waals surface area contributed by atoms with Crippen LogP contribution < -0.4 is 4.74 Å². The fourth-order valence-corrected chi connectivity index (χ4v) is 4.48. The molecule has 2 unspecified atom stereocenters. The van der Waals surface area contributed by atoms with Crippen molar-refractivity contribution < 1.29 is 13.3 Å². The molecule has 1 aromatic carbocycles. The highest BCUT2D eigenvalue weighted by Gasteiger charge is 2.17. The summed E-state index contributed by atoms with van der Waals surface area (Å²) in [5.74, 6) is -0.0559. The molecule has 7 nitrogen and oxygen atoms in total. The maximum absolute atomic E-state index is 14.9. The first kappa shape index (κ1) is 23.2. The number of nitrogens with zero attached hydrogens (tertiary/aromatic N) is 3. The van der Waals surface area contributed by atoms with Crippen molar-refractivity contribution in [2.45, 2.75) is 18.1 Å². The van der Waals surface area contributed by atoms with Gasteiger partial charge >= 0.3 is 0 Å². The number of rotatable bonds is 6. The molecule has 4 aromatic rings. The summed E-state index contributed by atoms with van der Waals surface area (Å²) in [7, 11) is -2.97. The van der Waals surface area contributed by atoms with E-state index in [0.717, 1.165) is 0 Å². The monoisotopic (exact) mass is 505 g/mol. The van der Waals surface area contributed by atoms with Crippen LogP contribution in [0.1, 0.15) is 29.8 Å². The van der Waals surface area contributed by atoms with Gasteiger partial charge in [-0.15, -0.1) is 0 Å². The lowest BCUT2D eigenvalue weighted by atomic mass is 10.1. The van der Waals surface area contributed by atoms with E-state index in [4.69, 9.17) is 32.7 Å². The van der Waals surface area contributed by atoms with E-state index in [1.807, 2.05) is 6.92 Å². The lowest BCUT2D eigenvalue weighted by molar-refractivity contribution is 0.227. The Labute approximate surface area is 199 Å². The van der Waals surface area contributed by atoms with Gasteiger partial charge in [-0.25, -0.2) is 18.4 Å². The van der Waals surface area contributed by atoms with E-state index in [1.54, 1.807) is 18.2 Å². The number of fused-ring (bicyclic) bond motifs is 1. The van der Waals surface area contributed by atoms with Gasteiger partial charge in [0.25, 0.3) is 0 Å². The van der Waals surface area contributed by atoms with E-state index in [2.05, 4.69) is 20.2 Å². The van der Waals surface area contributed by atoms with Gasteiger partial charge in [-0.05, 0) is 37.3 Å². The third-order valence-corrected chi connectivity index (χ3v) is 6.49. The summed E-state index contributed by atoms with van der Waals surface area (Å²) in [5.41, 5.74) is 1.86. The van der Waals surface area contributed by atoms with Gasteiger partial charge in [0.1, 0.15) is 22.7 Å². The molecule has 0 aliphatic carbocycles. The zero-order valence-electron chi connectivity index (χ0n) is 17.5. The Balaban J connectivity index is 1.63. The molecule has 2 N–H and O–H groups in total. The highest BCUT2D eigenvalue weighted by atomic mass is 35.5. The van der Waals surface area contributed by atoms with Crippen molar-refractivity contribution in [3.8, 4) is 5.75 Å². The van der Waals surface area contributed by atoms with Crippen molar-refractivity contribution in [1.82, 2.24) is 20.2 Å². The standard InChI is InChI=1S/C22H18Cl2FN5O2S/c1-12(22-16(23)10-27-11-17(22)24)32-14-4-5-19-15(7-14)20(30-29-19)8-18(25)13-3-6-21(28-9-13)33(2,26)31/h3-12,26H,1-2H3,(H,29,30)/b18-8-. The molecule has 170 valence electrons. The van der Waals surface area contributed by atoms with Gasteiger partial charge in [0, 0.05) is 47.4 Å². The number of hydrogen-bond donors (Lipinski definition) is 2. The smallest absolute Gasteiger partial charge is 0.135 e. The van der Waals surface area contributed by atoms with E-state index in [-0.39, 0.29) is 10.6 Å². The van der Waals surface area contributed by atoms with Crippen molar-refractivity contribution in [2.24, 2.45) is 0 Å². The molecule has 33 heavy (non-hydrogen) atoms. The molecule has 11 heteroatoms. The summed E-state index contributed by atoms with van der Waals surface area (Å²) < 4.78 is 40.2. The molecule has 0 bridgehead atoms. The van der Waals surface area contributed by atoms with Crippen LogP contribution in [0.5, 0.6) is 5.75 Å². The Bertz CT molecular complexity index is 1450. The van der Waals surface area contributed by atoms with Crippen LogP contribution in [0.15, 0.2) is 53.9 Å². The molecule has 0 aliphatic heterocycles. The molecule has 0 radical (unpaired) electrons. The van der Waals surface area contributed by atoms with Crippen LogP contribution in [0.2, 0.25) is 10.0 Å². The van der Waals surface area contributed by atoms with Crippen molar-refractivity contribution in [3.63, 3.8) is 0 Å². The first-order valence-corrected chi connectivity index (χ1v) is 12.4. The van der Waals surface area contributed by atoms with E-state index in [0.29, 0.717) is 38.0 Å². The third-order valence-electron chi connectivity index (χ3n) is 4.85. The van der Waals surface area contributed by atoms with Gasteiger partial charge in [0.15, 0.2) is 0 Å². The predicted molar refractivity (Wildman–Crippen MR) is 128 cm³/mol. The second-order valence-corrected chi connectivity index (χ2v) is 10.2. The first-order valence-electron chi connectivity index (χ1n) is 9.64.